The summed E-state index contributed by atoms with van der Waals surface area (Å²) in [5.41, 5.74) is 1.15. The van der Waals surface area contributed by atoms with Crippen molar-refractivity contribution in [3.8, 4) is 11.5 Å². The Kier molecular flexibility index (Phi) is 9.04. The number of rotatable bonds is 12. The Balaban J connectivity index is 1.41. The molecule has 2 aliphatic rings. The molecule has 0 bridgehead atoms. The molecule has 0 saturated heterocycles. The minimum absolute atomic E-state index is 0.0709. The summed E-state index contributed by atoms with van der Waals surface area (Å²) in [5.74, 6) is 3.47. The van der Waals surface area contributed by atoms with E-state index in [1.807, 2.05) is 12.1 Å². The van der Waals surface area contributed by atoms with Gasteiger partial charge in [0.05, 0.1) is 6.10 Å². The fourth-order valence-corrected chi connectivity index (χ4v) is 5.12. The lowest BCUT2D eigenvalue weighted by molar-refractivity contribution is -0.00145. The Labute approximate surface area is 189 Å². The van der Waals surface area contributed by atoms with Crippen molar-refractivity contribution in [3.63, 3.8) is 0 Å². The van der Waals surface area contributed by atoms with Gasteiger partial charge in [-0.1, -0.05) is 46.5 Å². The highest BCUT2D eigenvalue weighted by Crippen LogP contribution is 2.40. The number of aryl methyl sites for hydroxylation is 1. The molecule has 2 unspecified atom stereocenters. The zero-order valence-electron chi connectivity index (χ0n) is 19.7. The summed E-state index contributed by atoms with van der Waals surface area (Å²) < 4.78 is 17.5. The van der Waals surface area contributed by atoms with Gasteiger partial charge < -0.3 is 23.8 Å². The average molecular weight is 453 g/mol. The number of fused-ring (bicyclic) bond motifs is 1. The zero-order chi connectivity index (χ0) is 22.4. The first kappa shape index (κ1) is 24.8. The minimum atomic E-state index is -2.28. The highest BCUT2D eigenvalue weighted by atomic mass is 31.2. The monoisotopic (exact) mass is 452 g/mol. The van der Waals surface area contributed by atoms with Gasteiger partial charge in [0.2, 0.25) is 0 Å². The number of hydrogen-bond acceptors (Lipinski definition) is 5. The maximum Gasteiger partial charge on any atom is 0.327 e. The standard InChI is InChI=1S/C25H41O5P/c1-18(2)7-5-8-19(3)9-6-13-25(4)14-12-20-15-21(10-11-24(20)29-25)28-22-16-23(17-22)30-31(26)27/h10-11,15,18-19,22-23,26-27H,5-9,12-14,16-17H2,1-4H3. The lowest BCUT2D eigenvalue weighted by atomic mass is 9.86. The van der Waals surface area contributed by atoms with Crippen LogP contribution in [0.5, 0.6) is 11.5 Å². The molecule has 1 aliphatic carbocycles. The van der Waals surface area contributed by atoms with E-state index in [2.05, 4.69) is 33.8 Å². The molecule has 1 aromatic rings. The lowest BCUT2D eigenvalue weighted by Gasteiger charge is -2.37. The van der Waals surface area contributed by atoms with Crippen LogP contribution in [0, 0.1) is 11.8 Å². The third-order valence-electron chi connectivity index (χ3n) is 6.79. The molecule has 0 amide bonds. The average Bonchev–Trinajstić information content (AvgIpc) is 2.66. The summed E-state index contributed by atoms with van der Waals surface area (Å²) in [4.78, 5) is 17.8. The summed E-state index contributed by atoms with van der Waals surface area (Å²) in [7, 11) is -2.28. The van der Waals surface area contributed by atoms with Crippen molar-refractivity contribution in [2.45, 2.75) is 110 Å². The van der Waals surface area contributed by atoms with Crippen LogP contribution in [-0.4, -0.2) is 27.6 Å². The van der Waals surface area contributed by atoms with Gasteiger partial charge >= 0.3 is 8.60 Å². The van der Waals surface area contributed by atoms with Crippen LogP contribution < -0.4 is 9.47 Å². The molecule has 3 rings (SSSR count). The van der Waals surface area contributed by atoms with Crippen LogP contribution in [0.2, 0.25) is 0 Å². The van der Waals surface area contributed by atoms with Crippen LogP contribution >= 0.6 is 8.60 Å². The van der Waals surface area contributed by atoms with Crippen molar-refractivity contribution in [1.82, 2.24) is 0 Å². The molecule has 2 N–H and O–H groups in total. The third kappa shape index (κ3) is 7.89. The van der Waals surface area contributed by atoms with Gasteiger partial charge in [-0.2, -0.15) is 0 Å². The van der Waals surface area contributed by atoms with Crippen molar-refractivity contribution in [2.24, 2.45) is 11.8 Å². The molecule has 6 heteroatoms. The van der Waals surface area contributed by atoms with E-state index in [1.54, 1.807) is 0 Å². The fourth-order valence-electron chi connectivity index (χ4n) is 4.68. The second kappa shape index (κ2) is 11.3. The topological polar surface area (TPSA) is 68.2 Å². The molecule has 1 fully saturated rings. The first-order chi connectivity index (χ1) is 14.7. The SMILES string of the molecule is CC(C)CCCC(C)CCCC1(C)CCc2cc(OC3CC(OP(O)O)C3)ccc2O1. The van der Waals surface area contributed by atoms with E-state index >= 15 is 0 Å². The fraction of sp³-hybridized carbons (Fsp3) is 0.760. The molecule has 1 aromatic carbocycles. The molecule has 31 heavy (non-hydrogen) atoms. The summed E-state index contributed by atoms with van der Waals surface area (Å²) in [5, 5.41) is 0. The van der Waals surface area contributed by atoms with Gasteiger partial charge in [-0.15, -0.1) is 0 Å². The maximum atomic E-state index is 8.92. The Bertz CT molecular complexity index is 688. The Morgan fingerprint density at radius 1 is 1.10 bits per heavy atom. The van der Waals surface area contributed by atoms with Crippen molar-refractivity contribution < 1.29 is 23.8 Å². The van der Waals surface area contributed by atoms with Crippen molar-refractivity contribution >= 4 is 8.60 Å². The van der Waals surface area contributed by atoms with Crippen LogP contribution in [0.4, 0.5) is 0 Å². The summed E-state index contributed by atoms with van der Waals surface area (Å²) in [6.07, 6.45) is 11.1. The van der Waals surface area contributed by atoms with Gasteiger partial charge in [-0.25, -0.2) is 0 Å². The molecule has 0 aromatic heterocycles. The summed E-state index contributed by atoms with van der Waals surface area (Å²) in [6.45, 7) is 9.27. The minimum Gasteiger partial charge on any atom is -0.490 e. The molecular weight excluding hydrogens is 411 g/mol. The number of benzene rings is 1. The van der Waals surface area contributed by atoms with Gasteiger partial charge in [0, 0.05) is 12.8 Å². The van der Waals surface area contributed by atoms with Crippen LogP contribution in [0.1, 0.15) is 91.0 Å². The van der Waals surface area contributed by atoms with Crippen LogP contribution in [0.15, 0.2) is 18.2 Å². The second-order valence-electron chi connectivity index (χ2n) is 10.3. The Morgan fingerprint density at radius 2 is 1.84 bits per heavy atom. The lowest BCUT2D eigenvalue weighted by Crippen LogP contribution is -2.39. The molecule has 1 saturated carbocycles. The van der Waals surface area contributed by atoms with E-state index in [-0.39, 0.29) is 17.8 Å². The third-order valence-corrected chi connectivity index (χ3v) is 7.28. The van der Waals surface area contributed by atoms with Crippen LogP contribution in [0.25, 0.3) is 0 Å². The molecule has 1 heterocycles. The van der Waals surface area contributed by atoms with E-state index in [1.165, 1.54) is 37.7 Å². The molecule has 0 radical (unpaired) electrons. The first-order valence-electron chi connectivity index (χ1n) is 12.1. The maximum absolute atomic E-state index is 8.92. The van der Waals surface area contributed by atoms with E-state index in [4.69, 9.17) is 23.8 Å². The predicted molar refractivity (Wildman–Crippen MR) is 125 cm³/mol. The largest absolute Gasteiger partial charge is 0.490 e. The smallest absolute Gasteiger partial charge is 0.327 e. The molecule has 5 nitrogen and oxygen atoms in total. The van der Waals surface area contributed by atoms with Crippen LogP contribution in [-0.2, 0) is 10.9 Å². The van der Waals surface area contributed by atoms with Crippen molar-refractivity contribution in [3.05, 3.63) is 23.8 Å². The second-order valence-corrected chi connectivity index (χ2v) is 11.1. The molecule has 0 spiro atoms. The van der Waals surface area contributed by atoms with E-state index < -0.39 is 8.60 Å². The number of hydrogen-bond donors (Lipinski definition) is 2. The van der Waals surface area contributed by atoms with Gasteiger partial charge in [0.15, 0.2) is 0 Å². The highest BCUT2D eigenvalue weighted by molar-refractivity contribution is 7.39. The van der Waals surface area contributed by atoms with Crippen molar-refractivity contribution in [1.29, 1.82) is 0 Å². The van der Waals surface area contributed by atoms with E-state index in [9.17, 15) is 0 Å². The normalized spacial score (nSPS) is 26.3. The zero-order valence-corrected chi connectivity index (χ0v) is 20.6. The van der Waals surface area contributed by atoms with Crippen LogP contribution in [0.3, 0.4) is 0 Å². The molecule has 1 aliphatic heterocycles. The predicted octanol–water partition coefficient (Wildman–Crippen LogP) is 6.54. The highest BCUT2D eigenvalue weighted by Gasteiger charge is 2.34. The van der Waals surface area contributed by atoms with Crippen molar-refractivity contribution in [2.75, 3.05) is 0 Å². The summed E-state index contributed by atoms with van der Waals surface area (Å²) in [6, 6.07) is 6.13. The summed E-state index contributed by atoms with van der Waals surface area (Å²) >= 11 is 0. The van der Waals surface area contributed by atoms with Gasteiger partial charge in [-0.05, 0) is 68.2 Å². The number of ether oxygens (including phenoxy) is 2. The molecular formula is C25H41O5P. The molecule has 2 atom stereocenters. The quantitative estimate of drug-likeness (QED) is 0.352. The Morgan fingerprint density at radius 3 is 2.55 bits per heavy atom. The Hall–Kier alpha value is -0.870. The van der Waals surface area contributed by atoms with E-state index in [0.29, 0.717) is 12.8 Å². The first-order valence-corrected chi connectivity index (χ1v) is 13.2. The van der Waals surface area contributed by atoms with Gasteiger partial charge in [-0.3, -0.25) is 0 Å². The van der Waals surface area contributed by atoms with E-state index in [0.717, 1.165) is 42.6 Å². The van der Waals surface area contributed by atoms with Gasteiger partial charge in [0.25, 0.3) is 0 Å². The molecule has 176 valence electrons. The van der Waals surface area contributed by atoms with Gasteiger partial charge in [0.1, 0.15) is 23.2 Å².